The van der Waals surface area contributed by atoms with Crippen molar-refractivity contribution in [3.8, 4) is 0 Å². The third kappa shape index (κ3) is 7.32. The van der Waals surface area contributed by atoms with Crippen LogP contribution in [0.1, 0.15) is 43.0 Å². The van der Waals surface area contributed by atoms with Crippen molar-refractivity contribution in [2.75, 3.05) is 34.2 Å². The maximum absolute atomic E-state index is 12.7. The minimum Gasteiger partial charge on any atom is -0.324 e. The molecule has 0 N–H and O–H groups in total. The topological polar surface area (TPSA) is 37.4 Å². The quantitative estimate of drug-likeness (QED) is 0.195. The first-order chi connectivity index (χ1) is 17.8. The second kappa shape index (κ2) is 11.9. The van der Waals surface area contributed by atoms with Gasteiger partial charge in [-0.05, 0) is 12.6 Å². The van der Waals surface area contributed by atoms with Crippen LogP contribution in [-0.2, 0) is 13.1 Å². The Morgan fingerprint density at radius 3 is 1.46 bits per heavy atom. The molecule has 0 bridgehead atoms. The van der Waals surface area contributed by atoms with E-state index in [4.69, 9.17) is 0 Å². The first-order valence-electron chi connectivity index (χ1n) is 12.7. The van der Waals surface area contributed by atoms with Crippen LogP contribution in [0.25, 0.3) is 0 Å². The molecule has 4 aromatic rings. The molecule has 0 fully saturated rings. The molecule has 0 saturated heterocycles. The van der Waals surface area contributed by atoms with Crippen LogP contribution < -0.4 is 0 Å². The number of rotatable bonds is 11. The molecule has 0 amide bonds. The Labute approximate surface area is 220 Å². The van der Waals surface area contributed by atoms with Gasteiger partial charge in [-0.1, -0.05) is 109 Å². The fourth-order valence-corrected chi connectivity index (χ4v) is 4.44. The zero-order valence-corrected chi connectivity index (χ0v) is 21.9. The minimum absolute atomic E-state index is 0.0528. The van der Waals surface area contributed by atoms with Crippen LogP contribution in [0.3, 0.4) is 0 Å². The zero-order chi connectivity index (χ0) is 26.3. The lowest BCUT2D eigenvalue weighted by atomic mass is 10.0. The fourth-order valence-electron chi connectivity index (χ4n) is 4.44. The Morgan fingerprint density at radius 2 is 1.00 bits per heavy atom. The van der Waals surface area contributed by atoms with E-state index in [1.165, 1.54) is 11.1 Å². The molecule has 4 nitrogen and oxygen atoms in total. The van der Waals surface area contributed by atoms with E-state index in [1.807, 2.05) is 97.1 Å². The van der Waals surface area contributed by atoms with Gasteiger partial charge in [0.2, 0.25) is 0 Å². The van der Waals surface area contributed by atoms with Gasteiger partial charge in [-0.25, -0.2) is 0 Å². The van der Waals surface area contributed by atoms with E-state index in [2.05, 4.69) is 38.2 Å². The highest BCUT2D eigenvalue weighted by molar-refractivity contribution is 6.09. The van der Waals surface area contributed by atoms with Gasteiger partial charge in [0.15, 0.2) is 11.6 Å². The molecule has 0 spiro atoms. The van der Waals surface area contributed by atoms with Crippen molar-refractivity contribution in [2.24, 2.45) is 0 Å². The number of likely N-dealkylation sites (N-methyl/N-ethyl adjacent to an activating group) is 2. The van der Waals surface area contributed by atoms with E-state index in [0.29, 0.717) is 16.7 Å². The third-order valence-electron chi connectivity index (χ3n) is 6.65. The first kappa shape index (κ1) is 26.2. The van der Waals surface area contributed by atoms with E-state index >= 15 is 0 Å². The molecular weight excluding hydrogens is 456 g/mol. The monoisotopic (exact) mass is 491 g/mol. The third-order valence-corrected chi connectivity index (χ3v) is 6.65. The highest BCUT2D eigenvalue weighted by atomic mass is 16.1. The van der Waals surface area contributed by atoms with Crippen molar-refractivity contribution in [1.82, 2.24) is 4.90 Å². The number of ketones is 2. The van der Waals surface area contributed by atoms with Gasteiger partial charge in [0.1, 0.15) is 6.54 Å². The SMILES string of the molecule is CN(CC[N+](C)(C)Cc1ccc(C(=O)c2ccccc2)cc1)Cc1ccc(C(=O)c2ccccc2)cc1. The lowest BCUT2D eigenvalue weighted by molar-refractivity contribution is -0.903. The number of nitrogens with zero attached hydrogens (tertiary/aromatic N) is 2. The van der Waals surface area contributed by atoms with Gasteiger partial charge < -0.3 is 4.48 Å². The number of benzene rings is 4. The lowest BCUT2D eigenvalue weighted by Gasteiger charge is -2.32. The van der Waals surface area contributed by atoms with Crippen LogP contribution in [0.15, 0.2) is 109 Å². The Hall–Kier alpha value is -3.86. The summed E-state index contributed by atoms with van der Waals surface area (Å²) in [5.41, 5.74) is 5.27. The summed E-state index contributed by atoms with van der Waals surface area (Å²) in [4.78, 5) is 27.6. The van der Waals surface area contributed by atoms with Crippen LogP contribution >= 0.6 is 0 Å². The number of carbonyl (C=O) groups excluding carboxylic acids is 2. The van der Waals surface area contributed by atoms with Crippen molar-refractivity contribution in [3.05, 3.63) is 143 Å². The summed E-state index contributed by atoms with van der Waals surface area (Å²) < 4.78 is 0.848. The van der Waals surface area contributed by atoms with Gasteiger partial charge in [-0.2, -0.15) is 0 Å². The number of hydrogen-bond acceptors (Lipinski definition) is 3. The maximum Gasteiger partial charge on any atom is 0.193 e. The predicted octanol–water partition coefficient (Wildman–Crippen LogP) is 5.86. The Bertz CT molecular complexity index is 1310. The van der Waals surface area contributed by atoms with Crippen LogP contribution in [0, 0.1) is 0 Å². The van der Waals surface area contributed by atoms with Crippen LogP contribution in [0.2, 0.25) is 0 Å². The zero-order valence-electron chi connectivity index (χ0n) is 21.9. The van der Waals surface area contributed by atoms with Crippen molar-refractivity contribution < 1.29 is 14.1 Å². The Balaban J connectivity index is 1.27. The largest absolute Gasteiger partial charge is 0.324 e. The van der Waals surface area contributed by atoms with Crippen LogP contribution in [0.5, 0.6) is 0 Å². The predicted molar refractivity (Wildman–Crippen MR) is 150 cm³/mol. The molecule has 0 aliphatic carbocycles. The van der Waals surface area contributed by atoms with Crippen molar-refractivity contribution in [2.45, 2.75) is 13.1 Å². The normalized spacial score (nSPS) is 11.5. The van der Waals surface area contributed by atoms with E-state index < -0.39 is 0 Å². The maximum atomic E-state index is 12.7. The number of quaternary nitrogens is 1. The smallest absolute Gasteiger partial charge is 0.193 e. The lowest BCUT2D eigenvalue weighted by Crippen LogP contribution is -2.44. The van der Waals surface area contributed by atoms with Crippen molar-refractivity contribution >= 4 is 11.6 Å². The van der Waals surface area contributed by atoms with Crippen molar-refractivity contribution in [1.29, 1.82) is 0 Å². The van der Waals surface area contributed by atoms with Crippen LogP contribution in [-0.4, -0.2) is 55.2 Å². The Kier molecular flexibility index (Phi) is 8.44. The molecule has 0 aliphatic heterocycles. The summed E-state index contributed by atoms with van der Waals surface area (Å²) in [6, 6.07) is 34.7. The average Bonchev–Trinajstić information content (AvgIpc) is 2.93. The summed E-state index contributed by atoms with van der Waals surface area (Å²) in [6.45, 7) is 3.66. The van der Waals surface area contributed by atoms with E-state index in [9.17, 15) is 9.59 Å². The molecular formula is C33H35N2O2+. The molecule has 0 aliphatic rings. The summed E-state index contributed by atoms with van der Waals surface area (Å²) >= 11 is 0. The highest BCUT2D eigenvalue weighted by Gasteiger charge is 2.18. The molecule has 0 unspecified atom stereocenters. The molecule has 0 heterocycles. The second-order valence-electron chi connectivity index (χ2n) is 10.3. The molecule has 4 rings (SSSR count). The van der Waals surface area contributed by atoms with Gasteiger partial charge in [0.05, 0.1) is 20.6 Å². The molecule has 0 atom stereocenters. The molecule has 37 heavy (non-hydrogen) atoms. The summed E-state index contributed by atoms with van der Waals surface area (Å²) in [5.74, 6) is 0.108. The molecule has 0 saturated carbocycles. The molecule has 4 aromatic carbocycles. The van der Waals surface area contributed by atoms with Gasteiger partial charge >= 0.3 is 0 Å². The van der Waals surface area contributed by atoms with E-state index in [0.717, 1.165) is 36.2 Å². The first-order valence-corrected chi connectivity index (χ1v) is 12.7. The van der Waals surface area contributed by atoms with Gasteiger partial charge in [0, 0.05) is 40.9 Å². The molecule has 0 radical (unpaired) electrons. The summed E-state index contributed by atoms with van der Waals surface area (Å²) in [6.07, 6.45) is 0. The summed E-state index contributed by atoms with van der Waals surface area (Å²) in [7, 11) is 6.61. The van der Waals surface area contributed by atoms with Gasteiger partial charge in [-0.3, -0.25) is 14.5 Å². The highest BCUT2D eigenvalue weighted by Crippen LogP contribution is 2.15. The average molecular weight is 492 g/mol. The molecule has 4 heteroatoms. The summed E-state index contributed by atoms with van der Waals surface area (Å²) in [5, 5.41) is 0. The van der Waals surface area contributed by atoms with Gasteiger partial charge in [-0.15, -0.1) is 0 Å². The van der Waals surface area contributed by atoms with E-state index in [-0.39, 0.29) is 11.6 Å². The van der Waals surface area contributed by atoms with E-state index in [1.54, 1.807) is 0 Å². The Morgan fingerprint density at radius 1 is 0.595 bits per heavy atom. The number of carbonyl (C=O) groups is 2. The molecule has 188 valence electrons. The second-order valence-corrected chi connectivity index (χ2v) is 10.3. The van der Waals surface area contributed by atoms with Crippen molar-refractivity contribution in [3.63, 3.8) is 0 Å². The minimum atomic E-state index is 0.0528. The molecule has 0 aromatic heterocycles. The fraction of sp³-hybridized carbons (Fsp3) is 0.212. The van der Waals surface area contributed by atoms with Gasteiger partial charge in [0.25, 0.3) is 0 Å². The standard InChI is InChI=1S/C33H35N2O2/c1-34(24-26-14-18-30(19-15-26)32(36)28-10-6-4-7-11-28)22-23-35(2,3)25-27-16-20-31(21-17-27)33(37)29-12-8-5-9-13-29/h4-21H,22-25H2,1-3H3/q+1. The van der Waals surface area contributed by atoms with Crippen LogP contribution in [0.4, 0.5) is 0 Å². The number of hydrogen-bond donors (Lipinski definition) is 0.